The van der Waals surface area contributed by atoms with Gasteiger partial charge >= 0.3 is 0 Å². The molecule has 0 amide bonds. The Kier molecular flexibility index (Phi) is 3.30. The first-order valence-electron chi connectivity index (χ1n) is 4.15. The van der Waals surface area contributed by atoms with Gasteiger partial charge in [-0.25, -0.2) is 0 Å². The van der Waals surface area contributed by atoms with Gasteiger partial charge in [0.05, 0.1) is 12.7 Å². The third-order valence-electron chi connectivity index (χ3n) is 2.23. The molecule has 2 unspecified atom stereocenters. The summed E-state index contributed by atoms with van der Waals surface area (Å²) in [5, 5.41) is 9.23. The van der Waals surface area contributed by atoms with E-state index in [1.165, 1.54) is 0 Å². The van der Waals surface area contributed by atoms with Crippen molar-refractivity contribution in [1.29, 1.82) is 0 Å². The number of rotatable bonds is 3. The van der Waals surface area contributed by atoms with Crippen LogP contribution in [0.4, 0.5) is 0 Å². The molecular formula is C8H17NO2. The molecule has 2 atom stereocenters. The molecule has 11 heavy (non-hydrogen) atoms. The maximum absolute atomic E-state index is 9.23. The fourth-order valence-electron chi connectivity index (χ4n) is 1.52. The molecule has 1 fully saturated rings. The predicted molar refractivity (Wildman–Crippen MR) is 43.5 cm³/mol. The Hall–Kier alpha value is -0.120. The highest BCUT2D eigenvalue weighted by Crippen LogP contribution is 2.11. The standard InChI is InChI=1S/C8H17NO2/c1-7(6-11-2)9-4-3-8(10)5-9/h7-8,10H,3-6H2,1-2H3. The molecule has 66 valence electrons. The van der Waals surface area contributed by atoms with Gasteiger partial charge in [0, 0.05) is 26.2 Å². The first kappa shape index (κ1) is 8.97. The van der Waals surface area contributed by atoms with Gasteiger partial charge in [0.15, 0.2) is 0 Å². The number of methoxy groups -OCH3 is 1. The molecule has 1 aliphatic rings. The zero-order chi connectivity index (χ0) is 8.27. The number of nitrogens with zero attached hydrogens (tertiary/aromatic N) is 1. The van der Waals surface area contributed by atoms with Crippen LogP contribution in [-0.4, -0.2) is 49.0 Å². The molecule has 0 radical (unpaired) electrons. The van der Waals surface area contributed by atoms with Gasteiger partial charge in [-0.05, 0) is 13.3 Å². The first-order chi connectivity index (χ1) is 5.24. The van der Waals surface area contributed by atoms with Gasteiger partial charge in [-0.1, -0.05) is 0 Å². The zero-order valence-electron chi connectivity index (χ0n) is 7.29. The fourth-order valence-corrected chi connectivity index (χ4v) is 1.52. The van der Waals surface area contributed by atoms with E-state index in [2.05, 4.69) is 11.8 Å². The molecule has 0 saturated carbocycles. The Labute approximate surface area is 68.0 Å². The number of hydrogen-bond donors (Lipinski definition) is 1. The van der Waals surface area contributed by atoms with Crippen molar-refractivity contribution in [3.63, 3.8) is 0 Å². The monoisotopic (exact) mass is 159 g/mol. The van der Waals surface area contributed by atoms with E-state index in [1.54, 1.807) is 7.11 Å². The highest BCUT2D eigenvalue weighted by Gasteiger charge is 2.23. The average molecular weight is 159 g/mol. The van der Waals surface area contributed by atoms with Gasteiger partial charge in [-0.3, -0.25) is 4.90 Å². The Morgan fingerprint density at radius 3 is 2.91 bits per heavy atom. The van der Waals surface area contributed by atoms with E-state index in [-0.39, 0.29) is 6.10 Å². The number of aliphatic hydroxyl groups is 1. The van der Waals surface area contributed by atoms with E-state index in [9.17, 15) is 5.11 Å². The first-order valence-corrected chi connectivity index (χ1v) is 4.15. The lowest BCUT2D eigenvalue weighted by molar-refractivity contribution is 0.101. The van der Waals surface area contributed by atoms with Crippen LogP contribution in [0.1, 0.15) is 13.3 Å². The summed E-state index contributed by atoms with van der Waals surface area (Å²) in [5.74, 6) is 0. The maximum atomic E-state index is 9.23. The van der Waals surface area contributed by atoms with Crippen molar-refractivity contribution in [3.05, 3.63) is 0 Å². The third-order valence-corrected chi connectivity index (χ3v) is 2.23. The number of hydrogen-bond acceptors (Lipinski definition) is 3. The number of ether oxygens (including phenoxy) is 1. The molecule has 1 heterocycles. The largest absolute Gasteiger partial charge is 0.392 e. The van der Waals surface area contributed by atoms with Crippen LogP contribution in [0.25, 0.3) is 0 Å². The minimum atomic E-state index is -0.116. The molecule has 0 aromatic carbocycles. The van der Waals surface area contributed by atoms with E-state index in [4.69, 9.17) is 4.74 Å². The highest BCUT2D eigenvalue weighted by molar-refractivity contribution is 4.78. The molecule has 0 spiro atoms. The van der Waals surface area contributed by atoms with Crippen molar-refractivity contribution in [2.45, 2.75) is 25.5 Å². The van der Waals surface area contributed by atoms with E-state index >= 15 is 0 Å². The molecular weight excluding hydrogens is 142 g/mol. The lowest BCUT2D eigenvalue weighted by Crippen LogP contribution is -2.34. The second-order valence-electron chi connectivity index (χ2n) is 3.24. The summed E-state index contributed by atoms with van der Waals surface area (Å²) in [6.07, 6.45) is 0.794. The topological polar surface area (TPSA) is 32.7 Å². The quantitative estimate of drug-likeness (QED) is 0.633. The van der Waals surface area contributed by atoms with Crippen molar-refractivity contribution in [3.8, 4) is 0 Å². The van der Waals surface area contributed by atoms with Gasteiger partial charge < -0.3 is 9.84 Å². The molecule has 3 heteroatoms. The number of likely N-dealkylation sites (tertiary alicyclic amines) is 1. The van der Waals surface area contributed by atoms with Crippen LogP contribution in [0.5, 0.6) is 0 Å². The summed E-state index contributed by atoms with van der Waals surface area (Å²) in [6, 6.07) is 0.442. The minimum Gasteiger partial charge on any atom is -0.392 e. The predicted octanol–water partition coefficient (Wildman–Crippen LogP) is 0.0879. The summed E-state index contributed by atoms with van der Waals surface area (Å²) in [7, 11) is 1.71. The maximum Gasteiger partial charge on any atom is 0.0679 e. The molecule has 0 aromatic rings. The van der Waals surface area contributed by atoms with Crippen molar-refractivity contribution >= 4 is 0 Å². The van der Waals surface area contributed by atoms with E-state index in [1.807, 2.05) is 0 Å². The SMILES string of the molecule is COCC(C)N1CCC(O)C1. The molecule has 0 aromatic heterocycles. The second kappa shape index (κ2) is 4.04. The summed E-state index contributed by atoms with van der Waals surface area (Å²) in [4.78, 5) is 2.26. The Bertz CT molecular complexity index is 119. The van der Waals surface area contributed by atoms with Crippen LogP contribution in [0, 0.1) is 0 Å². The normalized spacial score (nSPS) is 29.2. The van der Waals surface area contributed by atoms with Crippen LogP contribution in [0.3, 0.4) is 0 Å². The Balaban J connectivity index is 2.25. The summed E-state index contributed by atoms with van der Waals surface area (Å²) >= 11 is 0. The minimum absolute atomic E-state index is 0.116. The third kappa shape index (κ3) is 2.43. The summed E-state index contributed by atoms with van der Waals surface area (Å²) in [6.45, 7) is 4.70. The van der Waals surface area contributed by atoms with E-state index < -0.39 is 0 Å². The fraction of sp³-hybridized carbons (Fsp3) is 1.00. The van der Waals surface area contributed by atoms with Crippen molar-refractivity contribution in [1.82, 2.24) is 4.90 Å². The summed E-state index contributed by atoms with van der Waals surface area (Å²) in [5.41, 5.74) is 0. The zero-order valence-corrected chi connectivity index (χ0v) is 7.29. The molecule has 0 bridgehead atoms. The van der Waals surface area contributed by atoms with Gasteiger partial charge in [-0.2, -0.15) is 0 Å². The van der Waals surface area contributed by atoms with Gasteiger partial charge in [0.2, 0.25) is 0 Å². The molecule has 1 N–H and O–H groups in total. The molecule has 3 nitrogen and oxygen atoms in total. The molecule has 1 aliphatic heterocycles. The van der Waals surface area contributed by atoms with E-state index in [0.717, 1.165) is 26.1 Å². The van der Waals surface area contributed by atoms with Crippen molar-refractivity contribution < 1.29 is 9.84 Å². The lowest BCUT2D eigenvalue weighted by Gasteiger charge is -2.22. The Morgan fingerprint density at radius 2 is 2.45 bits per heavy atom. The smallest absolute Gasteiger partial charge is 0.0679 e. The summed E-state index contributed by atoms with van der Waals surface area (Å²) < 4.78 is 5.03. The van der Waals surface area contributed by atoms with Crippen LogP contribution < -0.4 is 0 Å². The number of β-amino-alcohol motifs (C(OH)–C–C–N with tert-alkyl or cyclic N) is 1. The van der Waals surface area contributed by atoms with Gasteiger partial charge in [0.1, 0.15) is 0 Å². The second-order valence-corrected chi connectivity index (χ2v) is 3.24. The lowest BCUT2D eigenvalue weighted by atomic mass is 10.3. The highest BCUT2D eigenvalue weighted by atomic mass is 16.5. The van der Waals surface area contributed by atoms with Crippen LogP contribution in [-0.2, 0) is 4.74 Å². The van der Waals surface area contributed by atoms with Gasteiger partial charge in [-0.15, -0.1) is 0 Å². The van der Waals surface area contributed by atoms with E-state index in [0.29, 0.717) is 6.04 Å². The van der Waals surface area contributed by atoms with Crippen LogP contribution in [0.2, 0.25) is 0 Å². The van der Waals surface area contributed by atoms with Crippen LogP contribution >= 0.6 is 0 Å². The Morgan fingerprint density at radius 1 is 1.73 bits per heavy atom. The molecule has 1 rings (SSSR count). The average Bonchev–Trinajstić information content (AvgIpc) is 2.36. The van der Waals surface area contributed by atoms with Gasteiger partial charge in [0.25, 0.3) is 0 Å². The number of aliphatic hydroxyl groups excluding tert-OH is 1. The van der Waals surface area contributed by atoms with Crippen molar-refractivity contribution in [2.24, 2.45) is 0 Å². The molecule has 1 saturated heterocycles. The van der Waals surface area contributed by atoms with Crippen LogP contribution in [0.15, 0.2) is 0 Å². The van der Waals surface area contributed by atoms with Crippen molar-refractivity contribution in [2.75, 3.05) is 26.8 Å². The molecule has 0 aliphatic carbocycles.